The number of hydrogen-bond donors (Lipinski definition) is 2. The first-order chi connectivity index (χ1) is 9.24. The Morgan fingerprint density at radius 2 is 2.21 bits per heavy atom. The number of aromatic nitrogens is 2. The van der Waals surface area contributed by atoms with Gasteiger partial charge < -0.3 is 10.3 Å². The molecule has 0 spiro atoms. The van der Waals surface area contributed by atoms with Gasteiger partial charge in [0.05, 0.1) is 5.69 Å². The maximum absolute atomic E-state index is 6.08. The number of H-pyrrole nitrogens is 1. The van der Waals surface area contributed by atoms with Crippen LogP contribution in [0.1, 0.15) is 11.1 Å². The summed E-state index contributed by atoms with van der Waals surface area (Å²) < 4.78 is 0. The molecule has 0 aliphatic carbocycles. The lowest BCUT2D eigenvalue weighted by Gasteiger charge is -2.09. The Morgan fingerprint density at radius 3 is 3.11 bits per heavy atom. The zero-order valence-electron chi connectivity index (χ0n) is 10.6. The first kappa shape index (κ1) is 12.1. The smallest absolute Gasteiger partial charge is 0.152 e. The first-order valence-corrected chi connectivity index (χ1v) is 6.53. The van der Waals surface area contributed by atoms with Crippen LogP contribution in [0, 0.1) is 6.92 Å². The fraction of sp³-hybridized carbons (Fsp3) is 0.133. The highest BCUT2D eigenvalue weighted by atomic mass is 35.5. The summed E-state index contributed by atoms with van der Waals surface area (Å²) in [7, 11) is 0. The van der Waals surface area contributed by atoms with Crippen LogP contribution in [-0.2, 0) is 6.54 Å². The van der Waals surface area contributed by atoms with Gasteiger partial charge in [-0.05, 0) is 36.2 Å². The summed E-state index contributed by atoms with van der Waals surface area (Å²) in [5.74, 6) is 0. The molecular weight excluding hydrogens is 258 g/mol. The highest BCUT2D eigenvalue weighted by Crippen LogP contribution is 2.22. The Morgan fingerprint density at radius 1 is 1.32 bits per heavy atom. The Bertz CT molecular complexity index is 718. The third-order valence-corrected chi connectivity index (χ3v) is 3.43. The number of hydrogen-bond acceptors (Lipinski definition) is 2. The van der Waals surface area contributed by atoms with Gasteiger partial charge in [-0.15, -0.1) is 0 Å². The molecule has 0 fully saturated rings. The van der Waals surface area contributed by atoms with Crippen molar-refractivity contribution in [3.05, 3.63) is 59.0 Å². The molecule has 4 heteroatoms. The predicted molar refractivity (Wildman–Crippen MR) is 79.6 cm³/mol. The zero-order chi connectivity index (χ0) is 13.2. The molecule has 3 aromatic rings. The van der Waals surface area contributed by atoms with E-state index in [1.54, 1.807) is 6.20 Å². The average Bonchev–Trinajstić information content (AvgIpc) is 2.88. The highest BCUT2D eigenvalue weighted by molar-refractivity contribution is 6.31. The average molecular weight is 272 g/mol. The summed E-state index contributed by atoms with van der Waals surface area (Å²) in [4.78, 5) is 7.35. The van der Waals surface area contributed by atoms with E-state index >= 15 is 0 Å². The molecule has 0 aliphatic heterocycles. The van der Waals surface area contributed by atoms with E-state index in [1.165, 1.54) is 10.9 Å². The first-order valence-electron chi connectivity index (χ1n) is 6.15. The van der Waals surface area contributed by atoms with Crippen molar-refractivity contribution in [2.75, 3.05) is 5.32 Å². The van der Waals surface area contributed by atoms with E-state index in [-0.39, 0.29) is 0 Å². The Balaban J connectivity index is 1.86. The minimum Gasteiger partial charge on any atom is -0.378 e. The third kappa shape index (κ3) is 2.42. The van der Waals surface area contributed by atoms with E-state index in [4.69, 9.17) is 11.6 Å². The van der Waals surface area contributed by atoms with Crippen molar-refractivity contribution in [1.29, 1.82) is 0 Å². The predicted octanol–water partition coefficient (Wildman–Crippen LogP) is 4.14. The van der Waals surface area contributed by atoms with Gasteiger partial charge in [0.1, 0.15) is 0 Å². The van der Waals surface area contributed by atoms with Crippen LogP contribution in [0.4, 0.5) is 5.69 Å². The van der Waals surface area contributed by atoms with Gasteiger partial charge in [0.15, 0.2) is 5.15 Å². The van der Waals surface area contributed by atoms with Crippen LogP contribution < -0.4 is 5.32 Å². The maximum Gasteiger partial charge on any atom is 0.152 e. The standard InChI is InChI=1S/C15H14ClN3/c1-10-7-14(15(16)19-8-10)18-9-11-3-2-4-13-12(11)5-6-17-13/h2-8,17-18H,9H2,1H3. The quantitative estimate of drug-likeness (QED) is 0.703. The van der Waals surface area contributed by atoms with Crippen LogP contribution in [0.3, 0.4) is 0 Å². The monoisotopic (exact) mass is 271 g/mol. The molecule has 1 aromatic carbocycles. The molecule has 0 radical (unpaired) electrons. The second kappa shape index (κ2) is 4.94. The summed E-state index contributed by atoms with van der Waals surface area (Å²) in [5.41, 5.74) is 4.34. The Kier molecular flexibility index (Phi) is 3.13. The molecule has 0 saturated carbocycles. The van der Waals surface area contributed by atoms with Crippen molar-refractivity contribution < 1.29 is 0 Å². The molecule has 19 heavy (non-hydrogen) atoms. The zero-order valence-corrected chi connectivity index (χ0v) is 11.3. The topological polar surface area (TPSA) is 40.7 Å². The van der Waals surface area contributed by atoms with Crippen molar-refractivity contribution in [2.45, 2.75) is 13.5 Å². The number of pyridine rings is 1. The Labute approximate surface area is 116 Å². The molecule has 96 valence electrons. The number of anilines is 1. The van der Waals surface area contributed by atoms with Crippen LogP contribution in [0.15, 0.2) is 42.7 Å². The lowest BCUT2D eigenvalue weighted by atomic mass is 10.1. The molecule has 2 heterocycles. The van der Waals surface area contributed by atoms with Crippen molar-refractivity contribution in [1.82, 2.24) is 9.97 Å². The summed E-state index contributed by atoms with van der Waals surface area (Å²) in [6.45, 7) is 2.72. The fourth-order valence-electron chi connectivity index (χ4n) is 2.17. The van der Waals surface area contributed by atoms with E-state index in [1.807, 2.05) is 25.3 Å². The summed E-state index contributed by atoms with van der Waals surface area (Å²) in [5, 5.41) is 5.08. The third-order valence-electron chi connectivity index (χ3n) is 3.13. The van der Waals surface area contributed by atoms with E-state index in [2.05, 4.69) is 33.5 Å². The Hall–Kier alpha value is -2.00. The minimum absolute atomic E-state index is 0.506. The number of aromatic amines is 1. The highest BCUT2D eigenvalue weighted by Gasteiger charge is 2.04. The lowest BCUT2D eigenvalue weighted by molar-refractivity contribution is 1.14. The molecule has 2 N–H and O–H groups in total. The molecule has 3 nitrogen and oxygen atoms in total. The number of fused-ring (bicyclic) bond motifs is 1. The van der Waals surface area contributed by atoms with Crippen LogP contribution in [0.5, 0.6) is 0 Å². The van der Waals surface area contributed by atoms with Gasteiger partial charge in [0.2, 0.25) is 0 Å². The normalized spacial score (nSPS) is 10.8. The van der Waals surface area contributed by atoms with Gasteiger partial charge >= 0.3 is 0 Å². The number of nitrogens with one attached hydrogen (secondary N) is 2. The fourth-order valence-corrected chi connectivity index (χ4v) is 2.34. The van der Waals surface area contributed by atoms with Gasteiger partial charge in [-0.3, -0.25) is 0 Å². The van der Waals surface area contributed by atoms with Crippen molar-refractivity contribution in [3.63, 3.8) is 0 Å². The van der Waals surface area contributed by atoms with Crippen LogP contribution in [0.25, 0.3) is 10.9 Å². The molecule has 0 unspecified atom stereocenters. The molecule has 3 rings (SSSR count). The molecule has 0 saturated heterocycles. The van der Waals surface area contributed by atoms with Gasteiger partial charge in [-0.1, -0.05) is 23.7 Å². The van der Waals surface area contributed by atoms with Gasteiger partial charge in [-0.2, -0.15) is 0 Å². The summed E-state index contributed by atoms with van der Waals surface area (Å²) >= 11 is 6.08. The summed E-state index contributed by atoms with van der Waals surface area (Å²) in [6, 6.07) is 10.3. The van der Waals surface area contributed by atoms with E-state index in [0.717, 1.165) is 23.3 Å². The number of aryl methyl sites for hydroxylation is 1. The van der Waals surface area contributed by atoms with E-state index in [0.29, 0.717) is 5.15 Å². The van der Waals surface area contributed by atoms with Crippen LogP contribution >= 0.6 is 11.6 Å². The molecule has 0 amide bonds. The number of rotatable bonds is 3. The van der Waals surface area contributed by atoms with Gasteiger partial charge in [-0.25, -0.2) is 4.98 Å². The molecule has 2 aromatic heterocycles. The number of benzene rings is 1. The summed E-state index contributed by atoms with van der Waals surface area (Å²) in [6.07, 6.45) is 3.72. The maximum atomic E-state index is 6.08. The number of nitrogens with zero attached hydrogens (tertiary/aromatic N) is 1. The van der Waals surface area contributed by atoms with Crippen LogP contribution in [-0.4, -0.2) is 9.97 Å². The molecule has 0 aliphatic rings. The molecular formula is C15H14ClN3. The second-order valence-corrected chi connectivity index (χ2v) is 4.92. The van der Waals surface area contributed by atoms with Crippen molar-refractivity contribution in [3.8, 4) is 0 Å². The SMILES string of the molecule is Cc1cnc(Cl)c(NCc2cccc3[nH]ccc23)c1. The molecule has 0 atom stereocenters. The second-order valence-electron chi connectivity index (χ2n) is 4.56. The van der Waals surface area contributed by atoms with Gasteiger partial charge in [0.25, 0.3) is 0 Å². The van der Waals surface area contributed by atoms with Crippen molar-refractivity contribution in [2.24, 2.45) is 0 Å². The lowest BCUT2D eigenvalue weighted by Crippen LogP contribution is -2.01. The van der Waals surface area contributed by atoms with E-state index in [9.17, 15) is 0 Å². The molecule has 0 bridgehead atoms. The largest absolute Gasteiger partial charge is 0.378 e. The van der Waals surface area contributed by atoms with Crippen molar-refractivity contribution >= 4 is 28.2 Å². The minimum atomic E-state index is 0.506. The van der Waals surface area contributed by atoms with Gasteiger partial charge in [0, 0.05) is 29.8 Å². The van der Waals surface area contributed by atoms with Crippen LogP contribution in [0.2, 0.25) is 5.15 Å². The van der Waals surface area contributed by atoms with E-state index < -0.39 is 0 Å². The number of halogens is 1.